The number of allylic oxidation sites excluding steroid dienone is 1. The average Bonchev–Trinajstić information content (AvgIpc) is 2.02. The molecule has 0 aliphatic carbocycles. The first-order valence-corrected chi connectivity index (χ1v) is 4.66. The highest BCUT2D eigenvalue weighted by molar-refractivity contribution is 5.93. The fraction of sp³-hybridized carbons (Fsp3) is 0.600. The maximum absolute atomic E-state index is 11.4. The Morgan fingerprint density at radius 2 is 2.07 bits per heavy atom. The predicted molar refractivity (Wildman–Crippen MR) is 53.9 cm³/mol. The van der Waals surface area contributed by atoms with Gasteiger partial charge in [-0.1, -0.05) is 13.0 Å². The van der Waals surface area contributed by atoms with E-state index in [1.807, 2.05) is 13.0 Å². The zero-order valence-electron chi connectivity index (χ0n) is 8.83. The fourth-order valence-corrected chi connectivity index (χ4v) is 1.05. The number of aliphatic carboxylic acids is 1. The van der Waals surface area contributed by atoms with Crippen LogP contribution in [0.15, 0.2) is 11.6 Å². The topological polar surface area (TPSA) is 66.4 Å². The first-order valence-electron chi connectivity index (χ1n) is 4.66. The number of hydrogen-bond acceptors (Lipinski definition) is 2. The molecule has 4 heteroatoms. The third-order valence-corrected chi connectivity index (χ3v) is 1.73. The molecule has 0 aromatic heterocycles. The van der Waals surface area contributed by atoms with E-state index in [4.69, 9.17) is 5.11 Å². The van der Waals surface area contributed by atoms with Crippen molar-refractivity contribution in [2.24, 2.45) is 0 Å². The second-order valence-electron chi connectivity index (χ2n) is 3.27. The molecule has 0 saturated carbocycles. The Hall–Kier alpha value is -1.32. The van der Waals surface area contributed by atoms with Crippen LogP contribution in [-0.2, 0) is 9.59 Å². The summed E-state index contributed by atoms with van der Waals surface area (Å²) >= 11 is 0. The summed E-state index contributed by atoms with van der Waals surface area (Å²) in [5, 5.41) is 11.1. The molecule has 0 rings (SSSR count). The lowest BCUT2D eigenvalue weighted by atomic mass is 10.2. The largest absolute Gasteiger partial charge is 0.481 e. The summed E-state index contributed by atoms with van der Waals surface area (Å²) in [5.41, 5.74) is 0.629. The van der Waals surface area contributed by atoms with Crippen LogP contribution in [0.1, 0.15) is 33.6 Å². The van der Waals surface area contributed by atoms with E-state index in [0.29, 0.717) is 5.57 Å². The summed E-state index contributed by atoms with van der Waals surface area (Å²) in [7, 11) is 0. The van der Waals surface area contributed by atoms with E-state index in [2.05, 4.69) is 5.32 Å². The molecule has 2 N–H and O–H groups in total. The molecule has 1 unspecified atom stereocenters. The van der Waals surface area contributed by atoms with Gasteiger partial charge < -0.3 is 10.4 Å². The molecule has 1 atom stereocenters. The zero-order valence-corrected chi connectivity index (χ0v) is 8.83. The van der Waals surface area contributed by atoms with E-state index in [-0.39, 0.29) is 18.4 Å². The van der Waals surface area contributed by atoms with Crippen LogP contribution in [0.3, 0.4) is 0 Å². The molecule has 80 valence electrons. The molecule has 0 aliphatic heterocycles. The summed E-state index contributed by atoms with van der Waals surface area (Å²) < 4.78 is 0. The van der Waals surface area contributed by atoms with Crippen molar-refractivity contribution in [1.29, 1.82) is 0 Å². The average molecular weight is 199 g/mol. The van der Waals surface area contributed by atoms with Crippen LogP contribution in [0.25, 0.3) is 0 Å². The number of rotatable bonds is 5. The van der Waals surface area contributed by atoms with Gasteiger partial charge in [-0.05, 0) is 20.3 Å². The van der Waals surface area contributed by atoms with Crippen LogP contribution in [-0.4, -0.2) is 23.0 Å². The van der Waals surface area contributed by atoms with Crippen molar-refractivity contribution in [1.82, 2.24) is 5.32 Å². The fourth-order valence-electron chi connectivity index (χ4n) is 1.05. The lowest BCUT2D eigenvalue weighted by Gasteiger charge is -2.11. The molecule has 0 spiro atoms. The zero-order chi connectivity index (χ0) is 11.1. The van der Waals surface area contributed by atoms with E-state index >= 15 is 0 Å². The number of nitrogens with one attached hydrogen (secondary N) is 1. The monoisotopic (exact) mass is 199 g/mol. The Morgan fingerprint density at radius 3 is 2.50 bits per heavy atom. The third kappa shape index (κ3) is 5.35. The van der Waals surface area contributed by atoms with Gasteiger partial charge in [-0.15, -0.1) is 0 Å². The normalized spacial score (nSPS) is 13.5. The van der Waals surface area contributed by atoms with Gasteiger partial charge in [0.2, 0.25) is 5.91 Å². The molecule has 0 heterocycles. The molecule has 1 amide bonds. The van der Waals surface area contributed by atoms with Crippen LogP contribution in [0, 0.1) is 0 Å². The van der Waals surface area contributed by atoms with Crippen LogP contribution < -0.4 is 5.32 Å². The minimum Gasteiger partial charge on any atom is -0.481 e. The second-order valence-corrected chi connectivity index (χ2v) is 3.27. The lowest BCUT2D eigenvalue weighted by Crippen LogP contribution is -2.34. The van der Waals surface area contributed by atoms with Gasteiger partial charge in [-0.2, -0.15) is 0 Å². The molecule has 0 radical (unpaired) electrons. The van der Waals surface area contributed by atoms with Crippen molar-refractivity contribution in [3.05, 3.63) is 11.6 Å². The van der Waals surface area contributed by atoms with Crippen LogP contribution >= 0.6 is 0 Å². The van der Waals surface area contributed by atoms with Crippen molar-refractivity contribution >= 4 is 11.9 Å². The number of carboxylic acid groups (broad SMARTS) is 1. The maximum Gasteiger partial charge on any atom is 0.305 e. The first-order chi connectivity index (χ1) is 6.47. The number of hydrogen-bond donors (Lipinski definition) is 2. The van der Waals surface area contributed by atoms with Crippen molar-refractivity contribution in [2.75, 3.05) is 0 Å². The molecule has 0 fully saturated rings. The van der Waals surface area contributed by atoms with Crippen molar-refractivity contribution in [3.8, 4) is 0 Å². The van der Waals surface area contributed by atoms with Gasteiger partial charge in [0.25, 0.3) is 0 Å². The van der Waals surface area contributed by atoms with E-state index < -0.39 is 5.97 Å². The molecule has 4 nitrogen and oxygen atoms in total. The van der Waals surface area contributed by atoms with Gasteiger partial charge in [0.15, 0.2) is 0 Å². The highest BCUT2D eigenvalue weighted by atomic mass is 16.4. The van der Waals surface area contributed by atoms with Crippen molar-refractivity contribution < 1.29 is 14.7 Å². The summed E-state index contributed by atoms with van der Waals surface area (Å²) in [6, 6.07) is -0.333. The number of carboxylic acids is 1. The molecular weight excluding hydrogens is 182 g/mol. The molecular formula is C10H17NO3. The van der Waals surface area contributed by atoms with Crippen LogP contribution in [0.2, 0.25) is 0 Å². The number of amides is 1. The third-order valence-electron chi connectivity index (χ3n) is 1.73. The highest BCUT2D eigenvalue weighted by Gasteiger charge is 2.11. The van der Waals surface area contributed by atoms with Crippen molar-refractivity contribution in [2.45, 2.75) is 39.7 Å². The summed E-state index contributed by atoms with van der Waals surface area (Å²) in [4.78, 5) is 21.7. The van der Waals surface area contributed by atoms with Crippen LogP contribution in [0.5, 0.6) is 0 Å². The second kappa shape index (κ2) is 6.18. The smallest absolute Gasteiger partial charge is 0.305 e. The molecule has 0 bridgehead atoms. The van der Waals surface area contributed by atoms with E-state index in [9.17, 15) is 9.59 Å². The molecule has 0 saturated heterocycles. The van der Waals surface area contributed by atoms with Gasteiger partial charge >= 0.3 is 5.97 Å². The Kier molecular flexibility index (Phi) is 5.60. The van der Waals surface area contributed by atoms with E-state index in [1.54, 1.807) is 13.8 Å². The van der Waals surface area contributed by atoms with Gasteiger partial charge in [-0.25, -0.2) is 0 Å². The van der Waals surface area contributed by atoms with Gasteiger partial charge in [0, 0.05) is 11.6 Å². The Morgan fingerprint density at radius 1 is 1.50 bits per heavy atom. The number of carbonyl (C=O) groups is 2. The van der Waals surface area contributed by atoms with Crippen LogP contribution in [0.4, 0.5) is 0 Å². The first kappa shape index (κ1) is 12.7. The molecule has 0 aromatic rings. The minimum absolute atomic E-state index is 0.0505. The minimum atomic E-state index is -0.907. The lowest BCUT2D eigenvalue weighted by molar-refractivity contribution is -0.137. The molecule has 14 heavy (non-hydrogen) atoms. The van der Waals surface area contributed by atoms with Crippen molar-refractivity contribution in [3.63, 3.8) is 0 Å². The van der Waals surface area contributed by atoms with Gasteiger partial charge in [0.05, 0.1) is 6.42 Å². The molecule has 0 aliphatic rings. The quantitative estimate of drug-likeness (QED) is 0.656. The number of carbonyl (C=O) groups excluding carboxylic acids is 1. The van der Waals surface area contributed by atoms with Gasteiger partial charge in [0.1, 0.15) is 0 Å². The highest BCUT2D eigenvalue weighted by Crippen LogP contribution is 1.97. The standard InChI is InChI=1S/C10H17NO3/c1-4-5-7(2)10(14)11-8(3)6-9(12)13/h5,8H,4,6H2,1-3H3,(H,11,14)(H,12,13)/b7-5+. The SMILES string of the molecule is CC/C=C(\C)C(=O)NC(C)CC(=O)O. The van der Waals surface area contributed by atoms with E-state index in [1.165, 1.54) is 0 Å². The predicted octanol–water partition coefficient (Wildman–Crippen LogP) is 1.32. The summed E-state index contributed by atoms with van der Waals surface area (Å²) in [6.07, 6.45) is 2.56. The molecule has 0 aromatic carbocycles. The Labute approximate surface area is 84.0 Å². The Bertz CT molecular complexity index is 246. The Balaban J connectivity index is 4.05. The van der Waals surface area contributed by atoms with E-state index in [0.717, 1.165) is 6.42 Å². The maximum atomic E-state index is 11.4. The van der Waals surface area contributed by atoms with Gasteiger partial charge in [-0.3, -0.25) is 9.59 Å². The summed E-state index contributed by atoms with van der Waals surface area (Å²) in [6.45, 7) is 5.33. The summed E-state index contributed by atoms with van der Waals surface area (Å²) in [5.74, 6) is -1.10.